The molecule has 0 bridgehead atoms. The Morgan fingerprint density at radius 2 is 1.91 bits per heavy atom. The maximum Gasteiger partial charge on any atom is 0.335 e. The highest BCUT2D eigenvalue weighted by Gasteiger charge is 2.08. The predicted molar refractivity (Wildman–Crippen MR) is 93.0 cm³/mol. The summed E-state index contributed by atoms with van der Waals surface area (Å²) in [5, 5.41) is 9.02. The number of hydrogen-bond donors (Lipinski definition) is 2. The standard InChI is InChI=1S/C18H27N3O2/c1-3-10-21(11-4-2)12-6-5-7-17-19-15-9-8-14(18(22)23)13-16(15)20-17/h8-9,13H,3-7,10-12H2,1-2H3,(H,19,20)(H,22,23). The van der Waals surface area contributed by atoms with Gasteiger partial charge in [0.25, 0.3) is 0 Å². The van der Waals surface area contributed by atoms with E-state index in [-0.39, 0.29) is 0 Å². The van der Waals surface area contributed by atoms with Gasteiger partial charge in [-0.2, -0.15) is 0 Å². The number of aromatic nitrogens is 2. The second-order valence-corrected chi connectivity index (χ2v) is 6.02. The third-order valence-electron chi connectivity index (χ3n) is 4.00. The molecular formula is C18H27N3O2. The molecule has 5 nitrogen and oxygen atoms in total. The maximum atomic E-state index is 11.0. The number of benzene rings is 1. The van der Waals surface area contributed by atoms with Crippen molar-refractivity contribution < 1.29 is 9.90 Å². The monoisotopic (exact) mass is 317 g/mol. The first kappa shape index (κ1) is 17.5. The normalized spacial score (nSPS) is 11.4. The molecule has 0 radical (unpaired) electrons. The fourth-order valence-corrected chi connectivity index (χ4v) is 2.91. The van der Waals surface area contributed by atoms with Crippen LogP contribution in [-0.4, -0.2) is 45.6 Å². The average molecular weight is 317 g/mol. The molecule has 2 N–H and O–H groups in total. The first-order valence-corrected chi connectivity index (χ1v) is 8.58. The number of aromatic carboxylic acids is 1. The van der Waals surface area contributed by atoms with Crippen LogP contribution in [0.2, 0.25) is 0 Å². The molecule has 0 aliphatic carbocycles. The Kier molecular flexibility index (Phi) is 6.59. The molecule has 5 heteroatoms. The molecule has 126 valence electrons. The van der Waals surface area contributed by atoms with Crippen molar-refractivity contribution in [1.82, 2.24) is 14.9 Å². The van der Waals surface area contributed by atoms with Crippen LogP contribution in [0, 0.1) is 0 Å². The van der Waals surface area contributed by atoms with Gasteiger partial charge in [-0.15, -0.1) is 0 Å². The maximum absolute atomic E-state index is 11.0. The molecular weight excluding hydrogens is 290 g/mol. The largest absolute Gasteiger partial charge is 0.478 e. The SMILES string of the molecule is CCCN(CCC)CCCCc1nc2ccc(C(=O)O)cc2[nH]1. The minimum atomic E-state index is -0.907. The van der Waals surface area contributed by atoms with Crippen LogP contribution in [0.5, 0.6) is 0 Å². The fourth-order valence-electron chi connectivity index (χ4n) is 2.91. The summed E-state index contributed by atoms with van der Waals surface area (Å²) in [6, 6.07) is 5.02. The molecule has 0 fully saturated rings. The number of aryl methyl sites for hydroxylation is 1. The zero-order chi connectivity index (χ0) is 16.7. The Labute approximate surface area is 137 Å². The van der Waals surface area contributed by atoms with Crippen molar-refractivity contribution in [3.05, 3.63) is 29.6 Å². The van der Waals surface area contributed by atoms with E-state index in [1.54, 1.807) is 18.2 Å². The van der Waals surface area contributed by atoms with E-state index in [9.17, 15) is 4.79 Å². The van der Waals surface area contributed by atoms with Crippen LogP contribution in [0.4, 0.5) is 0 Å². The van der Waals surface area contributed by atoms with Gasteiger partial charge in [-0.1, -0.05) is 13.8 Å². The molecule has 0 aliphatic rings. The van der Waals surface area contributed by atoms with E-state index < -0.39 is 5.97 Å². The van der Waals surface area contributed by atoms with Gasteiger partial charge in [0.2, 0.25) is 0 Å². The first-order chi connectivity index (χ1) is 11.1. The number of aromatic amines is 1. The molecule has 0 unspecified atom stereocenters. The lowest BCUT2D eigenvalue weighted by Gasteiger charge is -2.20. The Morgan fingerprint density at radius 3 is 2.57 bits per heavy atom. The third kappa shape index (κ3) is 5.06. The summed E-state index contributed by atoms with van der Waals surface area (Å²) in [6.07, 6.45) is 5.57. The molecule has 2 rings (SSSR count). The number of nitrogens with zero attached hydrogens (tertiary/aromatic N) is 2. The minimum Gasteiger partial charge on any atom is -0.478 e. The zero-order valence-corrected chi connectivity index (χ0v) is 14.1. The van der Waals surface area contributed by atoms with Gasteiger partial charge in [0.15, 0.2) is 0 Å². The third-order valence-corrected chi connectivity index (χ3v) is 4.00. The molecule has 1 heterocycles. The van der Waals surface area contributed by atoms with E-state index >= 15 is 0 Å². The number of H-pyrrole nitrogens is 1. The summed E-state index contributed by atoms with van der Waals surface area (Å²) in [5.41, 5.74) is 1.93. The predicted octanol–water partition coefficient (Wildman–Crippen LogP) is 3.71. The number of unbranched alkanes of at least 4 members (excludes halogenated alkanes) is 1. The van der Waals surface area contributed by atoms with Crippen LogP contribution in [0.3, 0.4) is 0 Å². The lowest BCUT2D eigenvalue weighted by atomic mass is 10.2. The van der Waals surface area contributed by atoms with Crippen LogP contribution in [-0.2, 0) is 6.42 Å². The molecule has 1 aromatic carbocycles. The Hall–Kier alpha value is -1.88. The number of carbonyl (C=O) groups is 1. The minimum absolute atomic E-state index is 0.294. The number of carboxylic acid groups (broad SMARTS) is 1. The number of hydrogen-bond acceptors (Lipinski definition) is 3. The van der Waals surface area contributed by atoms with Gasteiger partial charge in [-0.25, -0.2) is 9.78 Å². The van der Waals surface area contributed by atoms with Crippen molar-refractivity contribution in [3.63, 3.8) is 0 Å². The van der Waals surface area contributed by atoms with Gasteiger partial charge in [-0.05, 0) is 63.5 Å². The van der Waals surface area contributed by atoms with Crippen molar-refractivity contribution in [3.8, 4) is 0 Å². The molecule has 0 amide bonds. The summed E-state index contributed by atoms with van der Waals surface area (Å²) in [7, 11) is 0. The number of imidazole rings is 1. The van der Waals surface area contributed by atoms with Gasteiger partial charge in [0.1, 0.15) is 5.82 Å². The van der Waals surface area contributed by atoms with E-state index in [1.165, 1.54) is 25.9 Å². The highest BCUT2D eigenvalue weighted by Crippen LogP contribution is 2.15. The van der Waals surface area contributed by atoms with Gasteiger partial charge >= 0.3 is 5.97 Å². The van der Waals surface area contributed by atoms with E-state index in [0.717, 1.165) is 42.7 Å². The molecule has 0 aliphatic heterocycles. The van der Waals surface area contributed by atoms with Crippen LogP contribution in [0.15, 0.2) is 18.2 Å². The van der Waals surface area contributed by atoms with Gasteiger partial charge in [0, 0.05) is 6.42 Å². The molecule has 0 spiro atoms. The topological polar surface area (TPSA) is 69.2 Å². The van der Waals surface area contributed by atoms with Crippen LogP contribution in [0.25, 0.3) is 11.0 Å². The van der Waals surface area contributed by atoms with E-state index in [0.29, 0.717) is 5.56 Å². The molecule has 0 saturated heterocycles. The quantitative estimate of drug-likeness (QED) is 0.656. The summed E-state index contributed by atoms with van der Waals surface area (Å²) >= 11 is 0. The number of rotatable bonds is 10. The molecule has 2 aromatic rings. The second-order valence-electron chi connectivity index (χ2n) is 6.02. The number of nitrogens with one attached hydrogen (secondary N) is 1. The van der Waals surface area contributed by atoms with E-state index in [4.69, 9.17) is 5.11 Å². The Morgan fingerprint density at radius 1 is 1.17 bits per heavy atom. The molecule has 0 atom stereocenters. The van der Waals surface area contributed by atoms with Crippen LogP contribution >= 0.6 is 0 Å². The Bertz CT molecular complexity index is 630. The summed E-state index contributed by atoms with van der Waals surface area (Å²) < 4.78 is 0. The van der Waals surface area contributed by atoms with E-state index in [1.807, 2.05) is 0 Å². The lowest BCUT2D eigenvalue weighted by Crippen LogP contribution is -2.26. The highest BCUT2D eigenvalue weighted by molar-refractivity contribution is 5.92. The van der Waals surface area contributed by atoms with Gasteiger partial charge in [-0.3, -0.25) is 0 Å². The highest BCUT2D eigenvalue weighted by atomic mass is 16.4. The number of fused-ring (bicyclic) bond motifs is 1. The van der Waals surface area contributed by atoms with Crippen molar-refractivity contribution in [2.75, 3.05) is 19.6 Å². The summed E-state index contributed by atoms with van der Waals surface area (Å²) in [5.74, 6) is 0.0371. The van der Waals surface area contributed by atoms with Gasteiger partial charge < -0.3 is 15.0 Å². The van der Waals surface area contributed by atoms with Crippen molar-refractivity contribution in [2.24, 2.45) is 0 Å². The summed E-state index contributed by atoms with van der Waals surface area (Å²) in [4.78, 5) is 21.3. The first-order valence-electron chi connectivity index (χ1n) is 8.58. The number of carboxylic acids is 1. The van der Waals surface area contributed by atoms with Crippen molar-refractivity contribution >= 4 is 17.0 Å². The van der Waals surface area contributed by atoms with Crippen LogP contribution < -0.4 is 0 Å². The molecule has 23 heavy (non-hydrogen) atoms. The lowest BCUT2D eigenvalue weighted by molar-refractivity contribution is 0.0697. The van der Waals surface area contributed by atoms with Crippen molar-refractivity contribution in [1.29, 1.82) is 0 Å². The van der Waals surface area contributed by atoms with Crippen LogP contribution in [0.1, 0.15) is 55.7 Å². The molecule has 0 saturated carbocycles. The van der Waals surface area contributed by atoms with Crippen molar-refractivity contribution in [2.45, 2.75) is 46.0 Å². The second kappa shape index (κ2) is 8.67. The summed E-state index contributed by atoms with van der Waals surface area (Å²) in [6.45, 7) is 7.95. The zero-order valence-electron chi connectivity index (χ0n) is 14.1. The Balaban J connectivity index is 1.86. The molecule has 1 aromatic heterocycles. The fraction of sp³-hybridized carbons (Fsp3) is 0.556. The van der Waals surface area contributed by atoms with Gasteiger partial charge in [0.05, 0.1) is 16.6 Å². The average Bonchev–Trinajstić information content (AvgIpc) is 2.93. The van der Waals surface area contributed by atoms with E-state index in [2.05, 4.69) is 28.7 Å². The smallest absolute Gasteiger partial charge is 0.335 e.